The van der Waals surface area contributed by atoms with E-state index >= 15 is 0 Å². The third-order valence-corrected chi connectivity index (χ3v) is 5.47. The van der Waals surface area contributed by atoms with E-state index in [9.17, 15) is 9.90 Å². The van der Waals surface area contributed by atoms with Gasteiger partial charge in [0, 0.05) is 36.0 Å². The zero-order valence-electron chi connectivity index (χ0n) is 17.0. The molecule has 1 aliphatic heterocycles. The number of carbonyl (C=O) groups is 1. The van der Waals surface area contributed by atoms with Gasteiger partial charge < -0.3 is 20.5 Å². The number of benzene rings is 2. The first-order valence-corrected chi connectivity index (χ1v) is 10.1. The molecule has 6 nitrogen and oxygen atoms in total. The standard InChI is InChI=1S/C24H25N3O3/c1-2-20-21(15-26-23(25)22(20)17-7-9-19(28)10-8-17)16-3-5-18(6-4-16)24(29)27-11-13-30-14-12-27/h3-10,15,28H,2,11-14H2,1H3,(H2,25,26). The average molecular weight is 403 g/mol. The number of aromatic nitrogens is 1. The van der Waals surface area contributed by atoms with Crippen molar-refractivity contribution in [3.05, 3.63) is 65.9 Å². The van der Waals surface area contributed by atoms with E-state index < -0.39 is 0 Å². The SMILES string of the molecule is CCc1c(-c2ccc(C(=O)N3CCOCC3)cc2)cnc(N)c1-c1ccc(O)cc1. The summed E-state index contributed by atoms with van der Waals surface area (Å²) in [6, 6.07) is 14.6. The van der Waals surface area contributed by atoms with Crippen molar-refractivity contribution >= 4 is 11.7 Å². The first kappa shape index (κ1) is 19.9. The number of nitrogens with two attached hydrogens (primary N) is 1. The molecule has 3 N–H and O–H groups in total. The molecule has 4 rings (SSSR count). The molecule has 0 spiro atoms. The van der Waals surface area contributed by atoms with Crippen molar-refractivity contribution in [2.45, 2.75) is 13.3 Å². The van der Waals surface area contributed by atoms with Crippen LogP contribution >= 0.6 is 0 Å². The number of rotatable bonds is 4. The lowest BCUT2D eigenvalue weighted by Gasteiger charge is -2.27. The molecule has 1 amide bonds. The molecule has 30 heavy (non-hydrogen) atoms. The first-order chi connectivity index (χ1) is 14.6. The van der Waals surface area contributed by atoms with Crippen LogP contribution in [-0.4, -0.2) is 47.2 Å². The van der Waals surface area contributed by atoms with Crippen molar-refractivity contribution < 1.29 is 14.6 Å². The van der Waals surface area contributed by atoms with Crippen molar-refractivity contribution in [1.29, 1.82) is 0 Å². The number of ether oxygens (including phenoxy) is 1. The number of pyridine rings is 1. The van der Waals surface area contributed by atoms with E-state index in [0.29, 0.717) is 37.7 Å². The monoisotopic (exact) mass is 403 g/mol. The summed E-state index contributed by atoms with van der Waals surface area (Å²) in [4.78, 5) is 18.9. The second-order valence-electron chi connectivity index (χ2n) is 7.29. The fourth-order valence-corrected chi connectivity index (χ4v) is 3.87. The minimum Gasteiger partial charge on any atom is -0.508 e. The fraction of sp³-hybridized carbons (Fsp3) is 0.250. The molecule has 0 atom stereocenters. The summed E-state index contributed by atoms with van der Waals surface area (Å²) in [5, 5.41) is 9.61. The molecule has 1 aliphatic rings. The molecule has 2 heterocycles. The Balaban J connectivity index is 1.69. The van der Waals surface area contributed by atoms with Gasteiger partial charge in [-0.15, -0.1) is 0 Å². The number of phenols is 1. The van der Waals surface area contributed by atoms with Gasteiger partial charge in [-0.3, -0.25) is 4.79 Å². The summed E-state index contributed by atoms with van der Waals surface area (Å²) in [5.41, 5.74) is 11.7. The van der Waals surface area contributed by atoms with Gasteiger partial charge >= 0.3 is 0 Å². The highest BCUT2D eigenvalue weighted by Gasteiger charge is 2.19. The van der Waals surface area contributed by atoms with Gasteiger partial charge in [-0.1, -0.05) is 31.2 Å². The van der Waals surface area contributed by atoms with Crippen molar-refractivity contribution in [2.24, 2.45) is 0 Å². The lowest BCUT2D eigenvalue weighted by molar-refractivity contribution is 0.0303. The highest BCUT2D eigenvalue weighted by Crippen LogP contribution is 2.36. The van der Waals surface area contributed by atoms with Crippen molar-refractivity contribution in [1.82, 2.24) is 9.88 Å². The normalized spacial score (nSPS) is 14.0. The third kappa shape index (κ3) is 3.86. The van der Waals surface area contributed by atoms with E-state index in [1.54, 1.807) is 18.3 Å². The number of carbonyl (C=O) groups excluding carboxylic acids is 1. The van der Waals surface area contributed by atoms with Crippen LogP contribution in [0.2, 0.25) is 0 Å². The van der Waals surface area contributed by atoms with Crippen molar-refractivity contribution in [3.8, 4) is 28.0 Å². The van der Waals surface area contributed by atoms with E-state index in [2.05, 4.69) is 11.9 Å². The predicted molar refractivity (Wildman–Crippen MR) is 117 cm³/mol. The fourth-order valence-electron chi connectivity index (χ4n) is 3.87. The molecular formula is C24H25N3O3. The van der Waals surface area contributed by atoms with Crippen molar-refractivity contribution in [3.63, 3.8) is 0 Å². The molecule has 6 heteroatoms. The van der Waals surface area contributed by atoms with Crippen LogP contribution in [0.1, 0.15) is 22.8 Å². The largest absolute Gasteiger partial charge is 0.508 e. The summed E-state index contributed by atoms with van der Waals surface area (Å²) < 4.78 is 5.33. The quantitative estimate of drug-likeness (QED) is 0.693. The molecule has 1 fully saturated rings. The van der Waals surface area contributed by atoms with Crippen LogP contribution in [0.5, 0.6) is 5.75 Å². The first-order valence-electron chi connectivity index (χ1n) is 10.1. The molecule has 1 saturated heterocycles. The maximum absolute atomic E-state index is 12.7. The second kappa shape index (κ2) is 8.55. The summed E-state index contributed by atoms with van der Waals surface area (Å²) in [5.74, 6) is 0.696. The Morgan fingerprint density at radius 2 is 1.70 bits per heavy atom. The Labute approximate surface area is 175 Å². The maximum atomic E-state index is 12.7. The zero-order chi connectivity index (χ0) is 21.1. The van der Waals surface area contributed by atoms with Gasteiger partial charge in [-0.05, 0) is 47.4 Å². The van der Waals surface area contributed by atoms with Crippen LogP contribution in [-0.2, 0) is 11.2 Å². The number of hydrogen-bond donors (Lipinski definition) is 2. The van der Waals surface area contributed by atoms with Crippen molar-refractivity contribution in [2.75, 3.05) is 32.0 Å². The summed E-state index contributed by atoms with van der Waals surface area (Å²) in [7, 11) is 0. The number of aromatic hydroxyl groups is 1. The smallest absolute Gasteiger partial charge is 0.254 e. The van der Waals surface area contributed by atoms with Crippen LogP contribution < -0.4 is 5.73 Å². The van der Waals surface area contributed by atoms with E-state index in [1.807, 2.05) is 41.3 Å². The minimum absolute atomic E-state index is 0.0285. The lowest BCUT2D eigenvalue weighted by Crippen LogP contribution is -2.40. The van der Waals surface area contributed by atoms with Gasteiger partial charge in [-0.25, -0.2) is 4.98 Å². The molecule has 154 valence electrons. The Bertz CT molecular complexity index is 1040. The maximum Gasteiger partial charge on any atom is 0.254 e. The summed E-state index contributed by atoms with van der Waals surface area (Å²) in [6.45, 7) is 4.50. The molecule has 0 saturated carbocycles. The molecule has 3 aromatic rings. The number of nitrogens with zero attached hydrogens (tertiary/aromatic N) is 2. The van der Waals surface area contributed by atoms with Crippen LogP contribution in [0.4, 0.5) is 5.82 Å². The lowest BCUT2D eigenvalue weighted by atomic mass is 9.91. The number of morpholine rings is 1. The van der Waals surface area contributed by atoms with E-state index in [4.69, 9.17) is 10.5 Å². The minimum atomic E-state index is 0.0285. The Morgan fingerprint density at radius 1 is 1.07 bits per heavy atom. The van der Waals surface area contributed by atoms with Crippen LogP contribution in [0, 0.1) is 0 Å². The van der Waals surface area contributed by atoms with E-state index in [-0.39, 0.29) is 11.7 Å². The van der Waals surface area contributed by atoms with E-state index in [1.165, 1.54) is 0 Å². The molecule has 0 unspecified atom stereocenters. The summed E-state index contributed by atoms with van der Waals surface area (Å²) >= 11 is 0. The number of amides is 1. The number of phenolic OH excluding ortho intramolecular Hbond substituents is 1. The van der Waals surface area contributed by atoms with E-state index in [0.717, 1.165) is 34.2 Å². The molecule has 0 aliphatic carbocycles. The average Bonchev–Trinajstić information content (AvgIpc) is 2.80. The van der Waals surface area contributed by atoms with Crippen LogP contribution in [0.3, 0.4) is 0 Å². The van der Waals surface area contributed by atoms with Gasteiger partial charge in [-0.2, -0.15) is 0 Å². The topological polar surface area (TPSA) is 88.7 Å². The molecule has 0 radical (unpaired) electrons. The third-order valence-electron chi connectivity index (χ3n) is 5.47. The number of anilines is 1. The Morgan fingerprint density at radius 3 is 2.33 bits per heavy atom. The van der Waals surface area contributed by atoms with Gasteiger partial charge in [0.05, 0.1) is 13.2 Å². The number of nitrogen functional groups attached to an aromatic ring is 1. The van der Waals surface area contributed by atoms with Gasteiger partial charge in [0.15, 0.2) is 0 Å². The Kier molecular flexibility index (Phi) is 5.68. The zero-order valence-corrected chi connectivity index (χ0v) is 17.0. The molecular weight excluding hydrogens is 378 g/mol. The van der Waals surface area contributed by atoms with Gasteiger partial charge in [0.1, 0.15) is 11.6 Å². The highest BCUT2D eigenvalue weighted by molar-refractivity contribution is 5.95. The van der Waals surface area contributed by atoms with Crippen LogP contribution in [0.15, 0.2) is 54.7 Å². The predicted octanol–water partition coefficient (Wildman–Crippen LogP) is 3.74. The molecule has 2 aromatic carbocycles. The van der Waals surface area contributed by atoms with Crippen LogP contribution in [0.25, 0.3) is 22.3 Å². The molecule has 1 aromatic heterocycles. The second-order valence-corrected chi connectivity index (χ2v) is 7.29. The molecule has 0 bridgehead atoms. The Hall–Kier alpha value is -3.38. The number of hydrogen-bond acceptors (Lipinski definition) is 5. The summed E-state index contributed by atoms with van der Waals surface area (Å²) in [6.07, 6.45) is 2.56. The van der Waals surface area contributed by atoms with Gasteiger partial charge in [0.2, 0.25) is 0 Å². The van der Waals surface area contributed by atoms with Gasteiger partial charge in [0.25, 0.3) is 5.91 Å². The highest BCUT2D eigenvalue weighted by atomic mass is 16.5.